The first-order chi connectivity index (χ1) is 10.1. The molecule has 0 saturated heterocycles. The Morgan fingerprint density at radius 3 is 2.38 bits per heavy atom. The van der Waals surface area contributed by atoms with Crippen molar-refractivity contribution in [2.45, 2.75) is 12.1 Å². The van der Waals surface area contributed by atoms with E-state index < -0.39 is 25.4 Å². The highest BCUT2D eigenvalue weighted by molar-refractivity contribution is 5.97. The predicted octanol–water partition coefficient (Wildman–Crippen LogP) is -1.40. The summed E-state index contributed by atoms with van der Waals surface area (Å²) in [4.78, 5) is 0. The maximum atomic E-state index is 9.28. The van der Waals surface area contributed by atoms with E-state index in [0.717, 1.165) is 0 Å². The SMILES string of the molecule is COc1ccc(/C(N)=N/O)cc1CNC(CO)(CO)CO. The Morgan fingerprint density at radius 1 is 1.29 bits per heavy atom. The normalized spacial score (nSPS) is 12.5. The Hall–Kier alpha value is -1.87. The van der Waals surface area contributed by atoms with Gasteiger partial charge in [-0.3, -0.25) is 0 Å². The van der Waals surface area contributed by atoms with Gasteiger partial charge in [0.05, 0.1) is 32.5 Å². The summed E-state index contributed by atoms with van der Waals surface area (Å²) in [6, 6.07) is 4.94. The fourth-order valence-corrected chi connectivity index (χ4v) is 1.73. The number of hydrogen-bond acceptors (Lipinski definition) is 7. The van der Waals surface area contributed by atoms with Crippen molar-refractivity contribution in [2.75, 3.05) is 26.9 Å². The molecule has 1 aromatic carbocycles. The molecule has 0 spiro atoms. The van der Waals surface area contributed by atoms with Crippen molar-refractivity contribution >= 4 is 5.84 Å². The first-order valence-corrected chi connectivity index (χ1v) is 6.28. The highest BCUT2D eigenvalue weighted by atomic mass is 16.5. The second-order valence-corrected chi connectivity index (χ2v) is 4.62. The maximum Gasteiger partial charge on any atom is 0.170 e. The number of rotatable bonds is 8. The van der Waals surface area contributed by atoms with Gasteiger partial charge in [0, 0.05) is 17.7 Å². The molecule has 118 valence electrons. The van der Waals surface area contributed by atoms with Gasteiger partial charge in [-0.25, -0.2) is 0 Å². The van der Waals surface area contributed by atoms with Gasteiger partial charge >= 0.3 is 0 Å². The summed E-state index contributed by atoms with van der Waals surface area (Å²) in [7, 11) is 1.50. The minimum Gasteiger partial charge on any atom is -0.496 e. The van der Waals surface area contributed by atoms with E-state index in [1.165, 1.54) is 7.11 Å². The molecule has 0 aromatic heterocycles. The number of nitrogens with one attached hydrogen (secondary N) is 1. The van der Waals surface area contributed by atoms with Crippen molar-refractivity contribution in [2.24, 2.45) is 10.9 Å². The van der Waals surface area contributed by atoms with Crippen LogP contribution in [0.4, 0.5) is 0 Å². The Morgan fingerprint density at radius 2 is 1.90 bits per heavy atom. The molecule has 0 heterocycles. The molecular formula is C13H21N3O5. The van der Waals surface area contributed by atoms with Crippen molar-refractivity contribution in [1.82, 2.24) is 5.32 Å². The third-order valence-corrected chi connectivity index (χ3v) is 3.25. The Labute approximate surface area is 122 Å². The summed E-state index contributed by atoms with van der Waals surface area (Å²) in [6.07, 6.45) is 0. The number of amidine groups is 1. The van der Waals surface area contributed by atoms with Gasteiger partial charge in [0.15, 0.2) is 5.84 Å². The number of benzene rings is 1. The van der Waals surface area contributed by atoms with E-state index in [4.69, 9.17) is 15.7 Å². The number of hydrogen-bond donors (Lipinski definition) is 6. The molecule has 0 aliphatic rings. The van der Waals surface area contributed by atoms with Gasteiger partial charge in [-0.1, -0.05) is 5.16 Å². The molecule has 8 nitrogen and oxygen atoms in total. The molecule has 7 N–H and O–H groups in total. The zero-order valence-corrected chi connectivity index (χ0v) is 11.8. The first-order valence-electron chi connectivity index (χ1n) is 6.28. The van der Waals surface area contributed by atoms with E-state index in [0.29, 0.717) is 16.9 Å². The summed E-state index contributed by atoms with van der Waals surface area (Å²) in [5, 5.41) is 42.3. The van der Waals surface area contributed by atoms with Crippen molar-refractivity contribution in [1.29, 1.82) is 0 Å². The van der Waals surface area contributed by atoms with Crippen LogP contribution in [-0.2, 0) is 6.54 Å². The summed E-state index contributed by atoms with van der Waals surface area (Å²) in [6.45, 7) is -1.08. The molecule has 0 radical (unpaired) electrons. The number of ether oxygens (including phenoxy) is 1. The molecule has 0 atom stereocenters. The summed E-state index contributed by atoms with van der Waals surface area (Å²) in [5.41, 5.74) is 5.50. The Bertz CT molecular complexity index is 480. The minimum absolute atomic E-state index is 0.0448. The van der Waals surface area contributed by atoms with Crippen molar-refractivity contribution < 1.29 is 25.3 Å². The zero-order chi connectivity index (χ0) is 15.9. The van der Waals surface area contributed by atoms with Crippen LogP contribution in [0.3, 0.4) is 0 Å². The van der Waals surface area contributed by atoms with Crippen molar-refractivity contribution in [3.63, 3.8) is 0 Å². The molecule has 8 heteroatoms. The second kappa shape index (κ2) is 7.79. The van der Waals surface area contributed by atoms with Crippen LogP contribution in [0.1, 0.15) is 11.1 Å². The van der Waals surface area contributed by atoms with Gasteiger partial charge in [0.2, 0.25) is 0 Å². The highest BCUT2D eigenvalue weighted by Gasteiger charge is 2.27. The number of oxime groups is 1. The fraction of sp³-hybridized carbons (Fsp3) is 0.462. The lowest BCUT2D eigenvalue weighted by molar-refractivity contribution is 0.0412. The third-order valence-electron chi connectivity index (χ3n) is 3.25. The number of aliphatic hydroxyl groups is 3. The molecule has 0 aliphatic carbocycles. The van der Waals surface area contributed by atoms with Crippen LogP contribution in [0.2, 0.25) is 0 Å². The van der Waals surface area contributed by atoms with Gasteiger partial charge in [-0.15, -0.1) is 0 Å². The molecule has 1 aromatic rings. The van der Waals surface area contributed by atoms with Gasteiger partial charge < -0.3 is 36.3 Å². The molecule has 1 rings (SSSR count). The molecular weight excluding hydrogens is 278 g/mol. The lowest BCUT2D eigenvalue weighted by Crippen LogP contribution is -2.54. The summed E-state index contributed by atoms with van der Waals surface area (Å²) >= 11 is 0. The van der Waals surface area contributed by atoms with E-state index >= 15 is 0 Å². The standard InChI is InChI=1S/C13H21N3O5/c1-21-11-3-2-9(12(14)16-20)4-10(11)5-15-13(6-17,7-18)8-19/h2-4,15,17-20H,5-8H2,1H3,(H2,14,16). The van der Waals surface area contributed by atoms with Gasteiger partial charge in [-0.05, 0) is 18.2 Å². The van der Waals surface area contributed by atoms with Crippen LogP contribution >= 0.6 is 0 Å². The Balaban J connectivity index is 3.00. The monoisotopic (exact) mass is 299 g/mol. The lowest BCUT2D eigenvalue weighted by atomic mass is 10.0. The van der Waals surface area contributed by atoms with E-state index in [-0.39, 0.29) is 12.4 Å². The van der Waals surface area contributed by atoms with Gasteiger partial charge in [-0.2, -0.15) is 0 Å². The van der Waals surface area contributed by atoms with Gasteiger partial charge in [0.25, 0.3) is 0 Å². The average Bonchev–Trinajstić information content (AvgIpc) is 2.55. The molecule has 0 aliphatic heterocycles. The van der Waals surface area contributed by atoms with Crippen molar-refractivity contribution in [3.05, 3.63) is 29.3 Å². The second-order valence-electron chi connectivity index (χ2n) is 4.62. The number of methoxy groups -OCH3 is 1. The number of nitrogens with two attached hydrogens (primary N) is 1. The summed E-state index contributed by atoms with van der Waals surface area (Å²) < 4.78 is 5.21. The molecule has 0 saturated carbocycles. The molecule has 0 unspecified atom stereocenters. The average molecular weight is 299 g/mol. The quantitative estimate of drug-likeness (QED) is 0.150. The number of nitrogens with zero attached hydrogens (tertiary/aromatic N) is 1. The van der Waals surface area contributed by atoms with Crippen LogP contribution in [-0.4, -0.2) is 58.8 Å². The largest absolute Gasteiger partial charge is 0.496 e. The predicted molar refractivity (Wildman–Crippen MR) is 76.3 cm³/mol. The smallest absolute Gasteiger partial charge is 0.170 e. The van der Waals surface area contributed by atoms with Crippen LogP contribution in [0.15, 0.2) is 23.4 Å². The van der Waals surface area contributed by atoms with Crippen LogP contribution < -0.4 is 15.8 Å². The third kappa shape index (κ3) is 4.05. The molecule has 0 fully saturated rings. The van der Waals surface area contributed by atoms with Crippen LogP contribution in [0.25, 0.3) is 0 Å². The zero-order valence-electron chi connectivity index (χ0n) is 11.8. The van der Waals surface area contributed by atoms with Crippen LogP contribution in [0.5, 0.6) is 5.75 Å². The van der Waals surface area contributed by atoms with E-state index in [9.17, 15) is 15.3 Å². The van der Waals surface area contributed by atoms with E-state index in [1.54, 1.807) is 18.2 Å². The van der Waals surface area contributed by atoms with Crippen molar-refractivity contribution in [3.8, 4) is 5.75 Å². The van der Waals surface area contributed by atoms with Crippen LogP contribution in [0, 0.1) is 0 Å². The number of aliphatic hydroxyl groups excluding tert-OH is 3. The fourth-order valence-electron chi connectivity index (χ4n) is 1.73. The Kier molecular flexibility index (Phi) is 6.38. The highest BCUT2D eigenvalue weighted by Crippen LogP contribution is 2.20. The van der Waals surface area contributed by atoms with E-state index in [1.807, 2.05) is 0 Å². The molecule has 0 amide bonds. The molecule has 0 bridgehead atoms. The first kappa shape index (κ1) is 17.2. The molecule has 21 heavy (non-hydrogen) atoms. The lowest BCUT2D eigenvalue weighted by Gasteiger charge is -2.29. The maximum absolute atomic E-state index is 9.28. The minimum atomic E-state index is -1.20. The van der Waals surface area contributed by atoms with Gasteiger partial charge in [0.1, 0.15) is 5.75 Å². The topological polar surface area (TPSA) is 141 Å². The summed E-state index contributed by atoms with van der Waals surface area (Å²) in [5.74, 6) is 0.511. The van der Waals surface area contributed by atoms with E-state index in [2.05, 4.69) is 10.5 Å².